The van der Waals surface area contributed by atoms with Crippen LogP contribution >= 0.6 is 0 Å². The molecule has 0 radical (unpaired) electrons. The molecule has 10 nitrogen and oxygen atoms in total. The minimum atomic E-state index is -0.681. The van der Waals surface area contributed by atoms with Gasteiger partial charge in [0.15, 0.2) is 23.5 Å². The second kappa shape index (κ2) is 7.77. The van der Waals surface area contributed by atoms with Crippen LogP contribution in [0, 0.1) is 0 Å². The van der Waals surface area contributed by atoms with E-state index in [0.29, 0.717) is 29.6 Å². The van der Waals surface area contributed by atoms with Crippen LogP contribution in [0.2, 0.25) is 0 Å². The molecule has 4 rings (SSSR count). The lowest BCUT2D eigenvalue weighted by Crippen LogP contribution is -2.43. The van der Waals surface area contributed by atoms with E-state index in [9.17, 15) is 0 Å². The highest BCUT2D eigenvalue weighted by Crippen LogP contribution is 2.44. The summed E-state index contributed by atoms with van der Waals surface area (Å²) >= 11 is 0. The first-order chi connectivity index (χ1) is 13.8. The molecule has 160 valence electrons. The SMILES string of the molecule is CC(C)N(CCCN)C[C@H]1OC(n2cnc3c(N)ncnc32)[C@@H]2OC(C)(C)O[C@H]12. The zero-order chi connectivity index (χ0) is 20.8. The summed E-state index contributed by atoms with van der Waals surface area (Å²) in [7, 11) is 0. The number of ether oxygens (including phenoxy) is 3. The molecular formula is C19H31N7O3. The second-order valence-electron chi connectivity index (χ2n) is 8.44. The lowest BCUT2D eigenvalue weighted by Gasteiger charge is -2.31. The molecule has 4 heterocycles. The highest BCUT2D eigenvalue weighted by atomic mass is 16.8. The molecule has 2 fully saturated rings. The van der Waals surface area contributed by atoms with E-state index in [0.717, 1.165) is 19.5 Å². The van der Waals surface area contributed by atoms with Crippen molar-refractivity contribution in [1.29, 1.82) is 0 Å². The van der Waals surface area contributed by atoms with Crippen LogP contribution in [-0.2, 0) is 14.2 Å². The number of aromatic nitrogens is 4. The van der Waals surface area contributed by atoms with Gasteiger partial charge < -0.3 is 25.7 Å². The Morgan fingerprint density at radius 2 is 1.97 bits per heavy atom. The van der Waals surface area contributed by atoms with Gasteiger partial charge in [0, 0.05) is 12.6 Å². The largest absolute Gasteiger partial charge is 0.382 e. The summed E-state index contributed by atoms with van der Waals surface area (Å²) in [5.41, 5.74) is 12.9. The summed E-state index contributed by atoms with van der Waals surface area (Å²) in [5, 5.41) is 0. The lowest BCUT2D eigenvalue weighted by molar-refractivity contribution is -0.198. The molecule has 0 saturated carbocycles. The van der Waals surface area contributed by atoms with Crippen LogP contribution in [0.1, 0.15) is 40.3 Å². The minimum Gasteiger partial charge on any atom is -0.382 e. The number of nitrogens with two attached hydrogens (primary N) is 2. The average molecular weight is 406 g/mol. The van der Waals surface area contributed by atoms with Gasteiger partial charge in [0.25, 0.3) is 0 Å². The molecule has 2 aromatic rings. The molecule has 1 unspecified atom stereocenters. The number of rotatable bonds is 7. The molecule has 4 N–H and O–H groups in total. The summed E-state index contributed by atoms with van der Waals surface area (Å²) in [6.45, 7) is 10.5. The van der Waals surface area contributed by atoms with E-state index in [1.165, 1.54) is 6.33 Å². The molecule has 2 aliphatic heterocycles. The molecule has 4 atom stereocenters. The lowest BCUT2D eigenvalue weighted by atomic mass is 10.1. The molecule has 29 heavy (non-hydrogen) atoms. The van der Waals surface area contributed by atoms with Gasteiger partial charge in [0.05, 0.1) is 6.33 Å². The van der Waals surface area contributed by atoms with Crippen LogP contribution in [0.4, 0.5) is 5.82 Å². The molecule has 0 bridgehead atoms. The van der Waals surface area contributed by atoms with E-state index in [1.807, 2.05) is 18.4 Å². The Labute approximate surface area is 170 Å². The quantitative estimate of drug-likeness (QED) is 0.690. The number of nitrogens with zero attached hydrogens (tertiary/aromatic N) is 5. The molecule has 2 saturated heterocycles. The first-order valence-corrected chi connectivity index (χ1v) is 10.2. The molecule has 0 aromatic carbocycles. The average Bonchev–Trinajstić information content (AvgIpc) is 3.30. The maximum atomic E-state index is 6.47. The smallest absolute Gasteiger partial charge is 0.167 e. The van der Waals surface area contributed by atoms with Crippen molar-refractivity contribution in [2.45, 2.75) is 70.5 Å². The summed E-state index contributed by atoms with van der Waals surface area (Å²) < 4.78 is 20.8. The Morgan fingerprint density at radius 1 is 1.21 bits per heavy atom. The number of anilines is 1. The van der Waals surface area contributed by atoms with Gasteiger partial charge in [-0.15, -0.1) is 0 Å². The van der Waals surface area contributed by atoms with Crippen molar-refractivity contribution >= 4 is 17.0 Å². The van der Waals surface area contributed by atoms with Crippen LogP contribution in [0.15, 0.2) is 12.7 Å². The van der Waals surface area contributed by atoms with Crippen LogP contribution in [0.25, 0.3) is 11.2 Å². The Bertz CT molecular complexity index is 855. The number of nitrogen functional groups attached to an aromatic ring is 1. The van der Waals surface area contributed by atoms with Crippen LogP contribution in [0.3, 0.4) is 0 Å². The van der Waals surface area contributed by atoms with Crippen LogP contribution in [-0.4, -0.2) is 74.2 Å². The van der Waals surface area contributed by atoms with Gasteiger partial charge in [-0.1, -0.05) is 0 Å². The third-order valence-electron chi connectivity index (χ3n) is 5.58. The van der Waals surface area contributed by atoms with Gasteiger partial charge in [-0.2, -0.15) is 0 Å². The Balaban J connectivity index is 1.63. The third kappa shape index (κ3) is 3.82. The predicted octanol–water partition coefficient (Wildman–Crippen LogP) is 0.885. The van der Waals surface area contributed by atoms with E-state index < -0.39 is 12.0 Å². The van der Waals surface area contributed by atoms with Crippen LogP contribution < -0.4 is 11.5 Å². The van der Waals surface area contributed by atoms with Crippen molar-refractivity contribution in [2.24, 2.45) is 5.73 Å². The molecule has 0 amide bonds. The number of fused-ring (bicyclic) bond motifs is 2. The van der Waals surface area contributed by atoms with Gasteiger partial charge in [0.2, 0.25) is 0 Å². The van der Waals surface area contributed by atoms with Gasteiger partial charge in [-0.3, -0.25) is 9.47 Å². The van der Waals surface area contributed by atoms with Crippen molar-refractivity contribution in [3.8, 4) is 0 Å². The standard InChI is InChI=1S/C19H31N7O3/c1-11(2)25(7-5-6-20)8-12-14-15(29-19(3,4)28-14)18(27-12)26-10-24-13-16(21)22-9-23-17(13)26/h9-12,14-15,18H,5-8,20H2,1-4H3,(H2,21,22,23)/t12-,14-,15-,18?/m1/s1. The third-order valence-corrected chi connectivity index (χ3v) is 5.58. The van der Waals surface area contributed by atoms with E-state index in [1.54, 1.807) is 6.33 Å². The maximum absolute atomic E-state index is 6.47. The van der Waals surface area contributed by atoms with Crippen molar-refractivity contribution in [3.05, 3.63) is 12.7 Å². The fourth-order valence-corrected chi connectivity index (χ4v) is 4.17. The summed E-state index contributed by atoms with van der Waals surface area (Å²) in [4.78, 5) is 15.1. The fraction of sp³-hybridized carbons (Fsp3) is 0.737. The molecule has 2 aromatic heterocycles. The Morgan fingerprint density at radius 3 is 2.69 bits per heavy atom. The Hall–Kier alpha value is -1.85. The Kier molecular flexibility index (Phi) is 5.47. The zero-order valence-electron chi connectivity index (χ0n) is 17.5. The van der Waals surface area contributed by atoms with E-state index in [2.05, 4.69) is 33.7 Å². The topological polar surface area (TPSA) is 127 Å². The van der Waals surface area contributed by atoms with Gasteiger partial charge in [-0.25, -0.2) is 15.0 Å². The normalized spacial score (nSPS) is 28.7. The first kappa shape index (κ1) is 20.4. The summed E-state index contributed by atoms with van der Waals surface area (Å²) in [6.07, 6.45) is 3.04. The number of hydrogen-bond donors (Lipinski definition) is 2. The first-order valence-electron chi connectivity index (χ1n) is 10.2. The monoisotopic (exact) mass is 405 g/mol. The van der Waals surface area contributed by atoms with Gasteiger partial charge >= 0.3 is 0 Å². The highest BCUT2D eigenvalue weighted by molar-refractivity contribution is 5.81. The number of hydrogen-bond acceptors (Lipinski definition) is 9. The zero-order valence-corrected chi connectivity index (χ0v) is 17.5. The van der Waals surface area contributed by atoms with E-state index in [-0.39, 0.29) is 18.3 Å². The maximum Gasteiger partial charge on any atom is 0.167 e. The van der Waals surface area contributed by atoms with Crippen molar-refractivity contribution in [2.75, 3.05) is 25.4 Å². The predicted molar refractivity (Wildman–Crippen MR) is 108 cm³/mol. The summed E-state index contributed by atoms with van der Waals surface area (Å²) in [5.74, 6) is -0.337. The van der Waals surface area contributed by atoms with Crippen LogP contribution in [0.5, 0.6) is 0 Å². The molecule has 0 spiro atoms. The second-order valence-corrected chi connectivity index (χ2v) is 8.44. The van der Waals surface area contributed by atoms with Gasteiger partial charge in [0.1, 0.15) is 30.2 Å². The van der Waals surface area contributed by atoms with Crippen molar-refractivity contribution < 1.29 is 14.2 Å². The fourth-order valence-electron chi connectivity index (χ4n) is 4.17. The van der Waals surface area contributed by atoms with E-state index in [4.69, 9.17) is 25.7 Å². The number of imidazole rings is 1. The minimum absolute atomic E-state index is 0.149. The molecule has 0 aliphatic carbocycles. The molecule has 10 heteroatoms. The summed E-state index contributed by atoms with van der Waals surface area (Å²) in [6, 6.07) is 0.375. The van der Waals surface area contributed by atoms with Crippen molar-refractivity contribution in [1.82, 2.24) is 24.4 Å². The molecular weight excluding hydrogens is 374 g/mol. The van der Waals surface area contributed by atoms with Gasteiger partial charge in [-0.05, 0) is 47.2 Å². The molecule has 2 aliphatic rings. The van der Waals surface area contributed by atoms with E-state index >= 15 is 0 Å². The van der Waals surface area contributed by atoms with Crippen molar-refractivity contribution in [3.63, 3.8) is 0 Å². The highest BCUT2D eigenvalue weighted by Gasteiger charge is 2.56.